The van der Waals surface area contributed by atoms with Gasteiger partial charge in [0.05, 0.1) is 0 Å². The fourth-order valence-electron chi connectivity index (χ4n) is 2.87. The number of ether oxygens (including phenoxy) is 1. The molecule has 1 saturated heterocycles. The molecule has 0 aromatic heterocycles. The zero-order valence-electron chi connectivity index (χ0n) is 13.6. The molecule has 0 radical (unpaired) electrons. The predicted octanol–water partition coefficient (Wildman–Crippen LogP) is 4.28. The first-order valence-electron chi connectivity index (χ1n) is 8.25. The van der Waals surface area contributed by atoms with Crippen LogP contribution in [0.3, 0.4) is 0 Å². The molecule has 1 aliphatic rings. The highest BCUT2D eigenvalue weighted by atomic mass is 35.5. The third-order valence-corrected chi connectivity index (χ3v) is 4.84. The first kappa shape index (κ1) is 17.4. The molecule has 5 heteroatoms. The second-order valence-electron chi connectivity index (χ2n) is 5.93. The highest BCUT2D eigenvalue weighted by Gasteiger charge is 2.17. The molecule has 2 aromatic rings. The zero-order chi connectivity index (χ0) is 16.8. The van der Waals surface area contributed by atoms with Crippen molar-refractivity contribution in [3.05, 3.63) is 59.1 Å². The van der Waals surface area contributed by atoms with E-state index in [4.69, 9.17) is 27.9 Å². The summed E-state index contributed by atoms with van der Waals surface area (Å²) in [5.74, 6) is 1.44. The van der Waals surface area contributed by atoms with Crippen LogP contribution in [0.1, 0.15) is 5.56 Å². The lowest BCUT2D eigenvalue weighted by molar-refractivity contribution is 0.200. The second-order valence-corrected chi connectivity index (χ2v) is 6.64. The van der Waals surface area contributed by atoms with Crippen molar-refractivity contribution in [2.24, 2.45) is 0 Å². The summed E-state index contributed by atoms with van der Waals surface area (Å²) < 4.78 is 5.82. The van der Waals surface area contributed by atoms with Gasteiger partial charge in [0, 0.05) is 49.3 Å². The summed E-state index contributed by atoms with van der Waals surface area (Å²) in [7, 11) is 0. The number of anilines is 1. The van der Waals surface area contributed by atoms with Gasteiger partial charge in [0.1, 0.15) is 12.4 Å². The fourth-order valence-corrected chi connectivity index (χ4v) is 3.23. The van der Waals surface area contributed by atoms with Crippen LogP contribution in [0.15, 0.2) is 48.5 Å². The van der Waals surface area contributed by atoms with Gasteiger partial charge >= 0.3 is 0 Å². The summed E-state index contributed by atoms with van der Waals surface area (Å²) >= 11 is 11.9. The van der Waals surface area contributed by atoms with Gasteiger partial charge in [0.25, 0.3) is 0 Å². The van der Waals surface area contributed by atoms with Gasteiger partial charge in [-0.05, 0) is 35.9 Å². The predicted molar refractivity (Wildman–Crippen MR) is 102 cm³/mol. The summed E-state index contributed by atoms with van der Waals surface area (Å²) in [6.45, 7) is 5.77. The molecule has 0 unspecified atom stereocenters. The van der Waals surface area contributed by atoms with Gasteiger partial charge < -0.3 is 9.64 Å². The maximum Gasteiger partial charge on any atom is 0.119 e. The first-order chi connectivity index (χ1) is 11.7. The van der Waals surface area contributed by atoms with Gasteiger partial charge in [0.2, 0.25) is 0 Å². The lowest BCUT2D eigenvalue weighted by atomic mass is 10.2. The molecule has 1 fully saturated rings. The largest absolute Gasteiger partial charge is 0.492 e. The molecule has 0 N–H and O–H groups in total. The molecule has 3 nitrogen and oxygen atoms in total. The molecule has 0 atom stereocenters. The van der Waals surface area contributed by atoms with E-state index in [1.165, 1.54) is 5.69 Å². The van der Waals surface area contributed by atoms with Crippen LogP contribution in [0.2, 0.25) is 5.02 Å². The summed E-state index contributed by atoms with van der Waals surface area (Å²) in [6, 6.07) is 16.0. The van der Waals surface area contributed by atoms with E-state index in [9.17, 15) is 0 Å². The lowest BCUT2D eigenvalue weighted by Gasteiger charge is -2.36. The monoisotopic (exact) mass is 364 g/mol. The fraction of sp³-hybridized carbons (Fsp3) is 0.368. The number of piperazine rings is 1. The Bertz CT molecular complexity index is 640. The molecule has 0 aliphatic carbocycles. The van der Waals surface area contributed by atoms with Crippen LogP contribution >= 0.6 is 23.2 Å². The minimum atomic E-state index is 0.539. The van der Waals surface area contributed by atoms with E-state index in [0.717, 1.165) is 49.1 Å². The Morgan fingerprint density at radius 2 is 1.71 bits per heavy atom. The van der Waals surface area contributed by atoms with Crippen LogP contribution in [0.25, 0.3) is 0 Å². The van der Waals surface area contributed by atoms with Gasteiger partial charge in [0.15, 0.2) is 0 Å². The van der Waals surface area contributed by atoms with Crippen molar-refractivity contribution in [1.82, 2.24) is 4.90 Å². The summed E-state index contributed by atoms with van der Waals surface area (Å²) in [4.78, 5) is 4.82. The third-order valence-electron chi connectivity index (χ3n) is 4.30. The topological polar surface area (TPSA) is 15.7 Å². The van der Waals surface area contributed by atoms with Crippen LogP contribution in [0, 0.1) is 0 Å². The number of benzene rings is 2. The molecular weight excluding hydrogens is 343 g/mol. The number of halogens is 2. The molecule has 0 spiro atoms. The standard InChI is InChI=1S/C19H22Cl2N2O/c20-15-16-4-6-19(7-5-16)24-13-12-22-8-10-23(11-9-22)18-3-1-2-17(21)14-18/h1-7,14H,8-13,15H2. The Labute approximate surface area is 153 Å². The lowest BCUT2D eigenvalue weighted by Crippen LogP contribution is -2.47. The second kappa shape index (κ2) is 8.61. The average molecular weight is 365 g/mol. The minimum absolute atomic E-state index is 0.539. The molecule has 24 heavy (non-hydrogen) atoms. The highest BCUT2D eigenvalue weighted by Crippen LogP contribution is 2.20. The van der Waals surface area contributed by atoms with Crippen molar-refractivity contribution in [1.29, 1.82) is 0 Å². The van der Waals surface area contributed by atoms with Crippen LogP contribution in [-0.2, 0) is 5.88 Å². The summed E-state index contributed by atoms with van der Waals surface area (Å²) in [6.07, 6.45) is 0. The normalized spacial score (nSPS) is 15.5. The molecule has 1 heterocycles. The van der Waals surface area contributed by atoms with Gasteiger partial charge in [-0.3, -0.25) is 4.90 Å². The van der Waals surface area contributed by atoms with E-state index >= 15 is 0 Å². The molecule has 0 amide bonds. The number of rotatable bonds is 6. The van der Waals surface area contributed by atoms with Crippen molar-refractivity contribution in [3.63, 3.8) is 0 Å². The van der Waals surface area contributed by atoms with Crippen molar-refractivity contribution < 1.29 is 4.74 Å². The van der Waals surface area contributed by atoms with Gasteiger partial charge in [-0.25, -0.2) is 0 Å². The van der Waals surface area contributed by atoms with E-state index in [1.54, 1.807) is 0 Å². The highest BCUT2D eigenvalue weighted by molar-refractivity contribution is 6.30. The van der Waals surface area contributed by atoms with Crippen LogP contribution < -0.4 is 9.64 Å². The van der Waals surface area contributed by atoms with Gasteiger partial charge in [-0.1, -0.05) is 29.8 Å². The van der Waals surface area contributed by atoms with Crippen molar-refractivity contribution >= 4 is 28.9 Å². The molecule has 0 bridgehead atoms. The number of hydrogen-bond donors (Lipinski definition) is 0. The van der Waals surface area contributed by atoms with Crippen molar-refractivity contribution in [2.75, 3.05) is 44.2 Å². The number of alkyl halides is 1. The molecule has 3 rings (SSSR count). The van der Waals surface area contributed by atoms with E-state index in [0.29, 0.717) is 12.5 Å². The Hall–Kier alpha value is -1.42. The van der Waals surface area contributed by atoms with E-state index in [1.807, 2.05) is 42.5 Å². The Morgan fingerprint density at radius 3 is 2.38 bits per heavy atom. The molecule has 1 aliphatic heterocycles. The number of nitrogens with zero attached hydrogens (tertiary/aromatic N) is 2. The van der Waals surface area contributed by atoms with Crippen LogP contribution in [0.5, 0.6) is 5.75 Å². The third kappa shape index (κ3) is 4.79. The number of hydrogen-bond acceptors (Lipinski definition) is 3. The van der Waals surface area contributed by atoms with Gasteiger partial charge in [-0.2, -0.15) is 0 Å². The molecule has 128 valence electrons. The Kier molecular flexibility index (Phi) is 6.24. The summed E-state index contributed by atoms with van der Waals surface area (Å²) in [5.41, 5.74) is 2.32. The van der Waals surface area contributed by atoms with E-state index in [-0.39, 0.29) is 0 Å². The quantitative estimate of drug-likeness (QED) is 0.711. The van der Waals surface area contributed by atoms with E-state index in [2.05, 4.69) is 15.9 Å². The average Bonchev–Trinajstić information content (AvgIpc) is 2.63. The Morgan fingerprint density at radius 1 is 0.958 bits per heavy atom. The maximum atomic E-state index is 6.08. The van der Waals surface area contributed by atoms with E-state index < -0.39 is 0 Å². The smallest absolute Gasteiger partial charge is 0.119 e. The van der Waals surface area contributed by atoms with Crippen molar-refractivity contribution in [2.45, 2.75) is 5.88 Å². The summed E-state index contributed by atoms with van der Waals surface area (Å²) in [5, 5.41) is 0.795. The zero-order valence-corrected chi connectivity index (χ0v) is 15.1. The van der Waals surface area contributed by atoms with Crippen LogP contribution in [-0.4, -0.2) is 44.2 Å². The van der Waals surface area contributed by atoms with Crippen molar-refractivity contribution in [3.8, 4) is 5.75 Å². The molecule has 0 saturated carbocycles. The van der Waals surface area contributed by atoms with Crippen LogP contribution in [0.4, 0.5) is 5.69 Å². The SMILES string of the molecule is ClCc1ccc(OCCN2CCN(c3cccc(Cl)c3)CC2)cc1. The van der Waals surface area contributed by atoms with Gasteiger partial charge in [-0.15, -0.1) is 11.6 Å². The first-order valence-corrected chi connectivity index (χ1v) is 9.16. The Balaban J connectivity index is 1.40. The maximum absolute atomic E-state index is 6.08. The minimum Gasteiger partial charge on any atom is -0.492 e. The molecular formula is C19H22Cl2N2O. The molecule has 2 aromatic carbocycles.